The van der Waals surface area contributed by atoms with Crippen molar-refractivity contribution in [1.82, 2.24) is 0 Å². The number of hydrogen-bond donors (Lipinski definition) is 1. The van der Waals surface area contributed by atoms with E-state index >= 15 is 0 Å². The van der Waals surface area contributed by atoms with Gasteiger partial charge in [-0.15, -0.1) is 0 Å². The zero-order chi connectivity index (χ0) is 15.2. The molecular formula is C17H14ClFO2. The summed E-state index contributed by atoms with van der Waals surface area (Å²) >= 11 is 6.04. The van der Waals surface area contributed by atoms with Crippen LogP contribution in [0.5, 0.6) is 5.75 Å². The van der Waals surface area contributed by atoms with Gasteiger partial charge >= 0.3 is 0 Å². The van der Waals surface area contributed by atoms with Crippen LogP contribution in [0.15, 0.2) is 36.4 Å². The zero-order valence-corrected chi connectivity index (χ0v) is 12.2. The first-order chi connectivity index (χ1) is 10.1. The highest BCUT2D eigenvalue weighted by molar-refractivity contribution is 6.32. The molecule has 0 fully saturated rings. The third-order valence-corrected chi connectivity index (χ3v) is 3.06. The van der Waals surface area contributed by atoms with Crippen LogP contribution in [0.4, 0.5) is 4.39 Å². The van der Waals surface area contributed by atoms with Crippen LogP contribution in [-0.2, 0) is 6.61 Å². The maximum absolute atomic E-state index is 13.5. The zero-order valence-electron chi connectivity index (χ0n) is 11.5. The fourth-order valence-corrected chi connectivity index (χ4v) is 2.00. The normalized spacial score (nSPS) is 9.90. The highest BCUT2D eigenvalue weighted by atomic mass is 35.5. The number of ether oxygens (including phenoxy) is 1. The molecule has 2 nitrogen and oxygen atoms in total. The third kappa shape index (κ3) is 4.49. The number of hydrogen-bond acceptors (Lipinski definition) is 2. The molecule has 2 rings (SSSR count). The maximum atomic E-state index is 13.5. The average Bonchev–Trinajstić information content (AvgIpc) is 2.45. The lowest BCUT2D eigenvalue weighted by Gasteiger charge is -2.09. The van der Waals surface area contributed by atoms with E-state index in [1.807, 2.05) is 19.1 Å². The van der Waals surface area contributed by atoms with E-state index in [1.165, 1.54) is 12.1 Å². The van der Waals surface area contributed by atoms with Crippen molar-refractivity contribution in [2.24, 2.45) is 0 Å². The topological polar surface area (TPSA) is 29.5 Å². The summed E-state index contributed by atoms with van der Waals surface area (Å²) in [6.07, 6.45) is 0. The van der Waals surface area contributed by atoms with Gasteiger partial charge in [-0.1, -0.05) is 29.5 Å². The minimum atomic E-state index is -0.395. The number of benzene rings is 2. The van der Waals surface area contributed by atoms with E-state index in [0.717, 1.165) is 5.56 Å². The SMILES string of the molecule is Cc1ccc(Cl)c(OCc2cc(F)cc(C#CCO)c2)c1. The molecule has 21 heavy (non-hydrogen) atoms. The maximum Gasteiger partial charge on any atom is 0.138 e. The molecule has 0 aromatic heterocycles. The van der Waals surface area contributed by atoms with Gasteiger partial charge in [0.2, 0.25) is 0 Å². The molecule has 4 heteroatoms. The van der Waals surface area contributed by atoms with E-state index in [9.17, 15) is 4.39 Å². The van der Waals surface area contributed by atoms with Crippen molar-refractivity contribution in [3.8, 4) is 17.6 Å². The molecule has 0 aliphatic rings. The Morgan fingerprint density at radius 3 is 2.81 bits per heavy atom. The number of aliphatic hydroxyl groups excluding tert-OH is 1. The molecule has 0 aliphatic carbocycles. The van der Waals surface area contributed by atoms with Gasteiger partial charge in [0.05, 0.1) is 5.02 Å². The first-order valence-electron chi connectivity index (χ1n) is 6.36. The molecule has 0 saturated heterocycles. The lowest BCUT2D eigenvalue weighted by Crippen LogP contribution is -1.98. The Morgan fingerprint density at radius 2 is 2.05 bits per heavy atom. The fraction of sp³-hybridized carbons (Fsp3) is 0.176. The first kappa shape index (κ1) is 15.4. The van der Waals surface area contributed by atoms with E-state index in [0.29, 0.717) is 21.9 Å². The molecule has 0 atom stereocenters. The average molecular weight is 305 g/mol. The van der Waals surface area contributed by atoms with Gasteiger partial charge in [0.25, 0.3) is 0 Å². The van der Waals surface area contributed by atoms with E-state index in [1.54, 1.807) is 12.1 Å². The standard InChI is InChI=1S/C17H14ClFO2/c1-12-4-5-16(18)17(7-12)21-11-14-8-13(3-2-6-20)9-15(19)10-14/h4-5,7-10,20H,6,11H2,1H3. The number of halogens is 2. The monoisotopic (exact) mass is 304 g/mol. The molecule has 2 aromatic carbocycles. The molecule has 0 heterocycles. The number of aliphatic hydroxyl groups is 1. The van der Waals surface area contributed by atoms with Crippen LogP contribution in [0.1, 0.15) is 16.7 Å². The van der Waals surface area contributed by atoms with Gasteiger partial charge in [-0.3, -0.25) is 0 Å². The van der Waals surface area contributed by atoms with Crippen molar-refractivity contribution in [3.63, 3.8) is 0 Å². The molecule has 0 amide bonds. The molecule has 2 aromatic rings. The Morgan fingerprint density at radius 1 is 1.24 bits per heavy atom. The Hall–Kier alpha value is -2.02. The second-order valence-corrected chi connectivity index (χ2v) is 4.94. The Kier molecular flexibility index (Phi) is 5.21. The van der Waals surface area contributed by atoms with Crippen LogP contribution in [0, 0.1) is 24.6 Å². The first-order valence-corrected chi connectivity index (χ1v) is 6.74. The molecule has 1 N–H and O–H groups in total. The summed E-state index contributed by atoms with van der Waals surface area (Å²) in [6, 6.07) is 9.89. The summed E-state index contributed by atoms with van der Waals surface area (Å²) in [7, 11) is 0. The predicted octanol–water partition coefficient (Wildman–Crippen LogP) is 3.71. The second kappa shape index (κ2) is 7.12. The molecular weight excluding hydrogens is 291 g/mol. The minimum Gasteiger partial charge on any atom is -0.487 e. The van der Waals surface area contributed by atoms with Gasteiger partial charge in [-0.05, 0) is 48.4 Å². The molecule has 0 spiro atoms. The summed E-state index contributed by atoms with van der Waals surface area (Å²) in [5.74, 6) is 5.32. The molecule has 108 valence electrons. The Labute approximate surface area is 128 Å². The largest absolute Gasteiger partial charge is 0.487 e. The smallest absolute Gasteiger partial charge is 0.138 e. The third-order valence-electron chi connectivity index (χ3n) is 2.75. The van der Waals surface area contributed by atoms with Crippen LogP contribution in [-0.4, -0.2) is 11.7 Å². The van der Waals surface area contributed by atoms with Gasteiger partial charge in [0.1, 0.15) is 24.8 Å². The van der Waals surface area contributed by atoms with Crippen molar-refractivity contribution in [3.05, 3.63) is 63.9 Å². The van der Waals surface area contributed by atoms with Crippen LogP contribution < -0.4 is 4.74 Å². The van der Waals surface area contributed by atoms with Crippen molar-refractivity contribution < 1.29 is 14.2 Å². The lowest BCUT2D eigenvalue weighted by atomic mass is 10.1. The van der Waals surface area contributed by atoms with Crippen molar-refractivity contribution in [2.75, 3.05) is 6.61 Å². The minimum absolute atomic E-state index is 0.189. The molecule has 0 bridgehead atoms. The van der Waals surface area contributed by atoms with Crippen molar-refractivity contribution >= 4 is 11.6 Å². The summed E-state index contributed by atoms with van der Waals surface area (Å²) in [5, 5.41) is 9.18. The van der Waals surface area contributed by atoms with Gasteiger partial charge in [0.15, 0.2) is 0 Å². The molecule has 0 saturated carbocycles. The summed E-state index contributed by atoms with van der Waals surface area (Å²) < 4.78 is 19.1. The van der Waals surface area contributed by atoms with Crippen LogP contribution in [0.3, 0.4) is 0 Å². The van der Waals surface area contributed by atoms with E-state index in [2.05, 4.69) is 11.8 Å². The lowest BCUT2D eigenvalue weighted by molar-refractivity contribution is 0.305. The van der Waals surface area contributed by atoms with Crippen LogP contribution in [0.2, 0.25) is 5.02 Å². The summed E-state index contributed by atoms with van der Waals surface area (Å²) in [5.41, 5.74) is 2.18. The van der Waals surface area contributed by atoms with E-state index in [-0.39, 0.29) is 13.2 Å². The van der Waals surface area contributed by atoms with Crippen molar-refractivity contribution in [2.45, 2.75) is 13.5 Å². The summed E-state index contributed by atoms with van der Waals surface area (Å²) in [4.78, 5) is 0. The van der Waals surface area contributed by atoms with Crippen LogP contribution >= 0.6 is 11.6 Å². The summed E-state index contributed by atoms with van der Waals surface area (Å²) in [6.45, 7) is 1.87. The quantitative estimate of drug-likeness (QED) is 0.876. The van der Waals surface area contributed by atoms with Gasteiger partial charge in [0, 0.05) is 5.56 Å². The predicted molar refractivity (Wildman–Crippen MR) is 80.9 cm³/mol. The Balaban J connectivity index is 2.16. The van der Waals surface area contributed by atoms with Crippen molar-refractivity contribution in [1.29, 1.82) is 0 Å². The Bertz CT molecular complexity index is 702. The highest BCUT2D eigenvalue weighted by Crippen LogP contribution is 2.26. The second-order valence-electron chi connectivity index (χ2n) is 4.53. The van der Waals surface area contributed by atoms with Gasteiger partial charge < -0.3 is 9.84 Å². The number of aryl methyl sites for hydroxylation is 1. The highest BCUT2D eigenvalue weighted by Gasteiger charge is 2.04. The molecule has 0 aliphatic heterocycles. The van der Waals surface area contributed by atoms with E-state index in [4.69, 9.17) is 21.4 Å². The molecule has 0 radical (unpaired) electrons. The number of rotatable bonds is 3. The molecule has 0 unspecified atom stereocenters. The fourth-order valence-electron chi connectivity index (χ4n) is 1.83. The van der Waals surface area contributed by atoms with Crippen LogP contribution in [0.25, 0.3) is 0 Å². The van der Waals surface area contributed by atoms with Gasteiger partial charge in [-0.2, -0.15) is 0 Å². The van der Waals surface area contributed by atoms with Gasteiger partial charge in [-0.25, -0.2) is 4.39 Å². The van der Waals surface area contributed by atoms with E-state index < -0.39 is 5.82 Å².